The molecule has 0 radical (unpaired) electrons. The Morgan fingerprint density at radius 2 is 2.00 bits per heavy atom. The predicted molar refractivity (Wildman–Crippen MR) is 87.0 cm³/mol. The maximum absolute atomic E-state index is 5.84. The van der Waals surface area contributed by atoms with Crippen LogP contribution in [0.15, 0.2) is 24.3 Å². The minimum absolute atomic E-state index is 0.550. The van der Waals surface area contributed by atoms with Crippen LogP contribution < -0.4 is 10.1 Å². The Bertz CT molecular complexity index is 443. The molecule has 0 aromatic heterocycles. The highest BCUT2D eigenvalue weighted by molar-refractivity contribution is 5.39. The topological polar surface area (TPSA) is 24.5 Å². The molecule has 1 saturated heterocycles. The molecule has 116 valence electrons. The predicted octanol–water partition coefficient (Wildman–Crippen LogP) is 2.87. The Balaban J connectivity index is 1.60. The molecular weight excluding hydrogens is 260 g/mol. The highest BCUT2D eigenvalue weighted by Gasteiger charge is 2.26. The normalized spacial score (nSPS) is 22.3. The summed E-state index contributed by atoms with van der Waals surface area (Å²) in [4.78, 5) is 2.67. The van der Waals surface area contributed by atoms with Crippen molar-refractivity contribution in [3.63, 3.8) is 0 Å². The first kappa shape index (κ1) is 14.9. The van der Waals surface area contributed by atoms with E-state index in [9.17, 15) is 0 Å². The highest BCUT2D eigenvalue weighted by Crippen LogP contribution is 2.34. The number of nitrogens with zero attached hydrogens (tertiary/aromatic N) is 1. The van der Waals surface area contributed by atoms with E-state index in [0.717, 1.165) is 24.8 Å². The molecule has 0 amide bonds. The van der Waals surface area contributed by atoms with E-state index in [1.807, 2.05) is 0 Å². The smallest absolute Gasteiger partial charge is 0.122 e. The monoisotopic (exact) mass is 288 g/mol. The van der Waals surface area contributed by atoms with Crippen molar-refractivity contribution in [1.29, 1.82) is 0 Å². The summed E-state index contributed by atoms with van der Waals surface area (Å²) < 4.78 is 5.84. The Kier molecular flexibility index (Phi) is 5.15. The van der Waals surface area contributed by atoms with E-state index >= 15 is 0 Å². The van der Waals surface area contributed by atoms with Crippen LogP contribution in [0.5, 0.6) is 5.75 Å². The van der Waals surface area contributed by atoms with E-state index in [-0.39, 0.29) is 0 Å². The van der Waals surface area contributed by atoms with Gasteiger partial charge < -0.3 is 15.0 Å². The molecule has 1 aromatic rings. The minimum atomic E-state index is 0.550. The number of fused-ring (bicyclic) bond motifs is 1. The summed E-state index contributed by atoms with van der Waals surface area (Å²) in [7, 11) is 0. The Labute approximate surface area is 128 Å². The lowest BCUT2D eigenvalue weighted by molar-refractivity contribution is 0.186. The molecular formula is C18H28N2O. The van der Waals surface area contributed by atoms with Gasteiger partial charge in [-0.2, -0.15) is 0 Å². The van der Waals surface area contributed by atoms with Gasteiger partial charge >= 0.3 is 0 Å². The maximum atomic E-state index is 5.84. The van der Waals surface area contributed by atoms with Gasteiger partial charge in [-0.1, -0.05) is 25.1 Å². The standard InChI is InChI=1S/C18H28N2O/c1-2-11-20(12-15-7-9-19-10-8-15)13-16-14-21-18-6-4-3-5-17(16)18/h3-6,15-16,19H,2,7-14H2,1H3. The van der Waals surface area contributed by atoms with Gasteiger partial charge in [0.25, 0.3) is 0 Å². The molecule has 1 fully saturated rings. The maximum Gasteiger partial charge on any atom is 0.122 e. The summed E-state index contributed by atoms with van der Waals surface area (Å²) in [6.07, 6.45) is 3.90. The van der Waals surface area contributed by atoms with Gasteiger partial charge in [-0.05, 0) is 50.9 Å². The molecule has 1 atom stereocenters. The Hall–Kier alpha value is -1.06. The molecule has 2 aliphatic rings. The van der Waals surface area contributed by atoms with Crippen molar-refractivity contribution in [2.75, 3.05) is 39.3 Å². The number of ether oxygens (including phenoxy) is 1. The number of hydrogen-bond donors (Lipinski definition) is 1. The van der Waals surface area contributed by atoms with Crippen molar-refractivity contribution in [2.45, 2.75) is 32.1 Å². The van der Waals surface area contributed by atoms with Gasteiger partial charge in [-0.3, -0.25) is 0 Å². The zero-order valence-electron chi connectivity index (χ0n) is 13.2. The fraction of sp³-hybridized carbons (Fsp3) is 0.667. The molecule has 0 aliphatic carbocycles. The van der Waals surface area contributed by atoms with E-state index in [0.29, 0.717) is 5.92 Å². The van der Waals surface area contributed by atoms with Crippen molar-refractivity contribution >= 4 is 0 Å². The third kappa shape index (κ3) is 3.78. The van der Waals surface area contributed by atoms with Crippen molar-refractivity contribution in [3.05, 3.63) is 29.8 Å². The lowest BCUT2D eigenvalue weighted by Crippen LogP contribution is -2.38. The molecule has 0 bridgehead atoms. The number of nitrogens with one attached hydrogen (secondary N) is 1. The van der Waals surface area contributed by atoms with Crippen LogP contribution in [-0.4, -0.2) is 44.2 Å². The lowest BCUT2D eigenvalue weighted by atomic mass is 9.96. The number of hydrogen-bond acceptors (Lipinski definition) is 3. The second-order valence-electron chi connectivity index (χ2n) is 6.50. The summed E-state index contributed by atoms with van der Waals surface area (Å²) in [5.74, 6) is 2.52. The van der Waals surface area contributed by atoms with E-state index < -0.39 is 0 Å². The molecule has 3 heteroatoms. The molecule has 2 heterocycles. The average Bonchev–Trinajstić information content (AvgIpc) is 2.92. The van der Waals surface area contributed by atoms with Crippen LogP contribution in [0, 0.1) is 5.92 Å². The Morgan fingerprint density at radius 3 is 2.81 bits per heavy atom. The van der Waals surface area contributed by atoms with E-state index in [2.05, 4.69) is 41.4 Å². The van der Waals surface area contributed by atoms with Crippen LogP contribution in [0.4, 0.5) is 0 Å². The van der Waals surface area contributed by atoms with Crippen LogP contribution in [-0.2, 0) is 0 Å². The largest absolute Gasteiger partial charge is 0.493 e. The van der Waals surface area contributed by atoms with Gasteiger partial charge in [-0.15, -0.1) is 0 Å². The minimum Gasteiger partial charge on any atom is -0.493 e. The van der Waals surface area contributed by atoms with Crippen LogP contribution in [0.25, 0.3) is 0 Å². The number of rotatable bonds is 6. The molecule has 2 aliphatic heterocycles. The fourth-order valence-corrected chi connectivity index (χ4v) is 3.69. The van der Waals surface area contributed by atoms with Crippen molar-refractivity contribution in [1.82, 2.24) is 10.2 Å². The van der Waals surface area contributed by atoms with Gasteiger partial charge in [0, 0.05) is 24.6 Å². The van der Waals surface area contributed by atoms with E-state index in [1.54, 1.807) is 0 Å². The Morgan fingerprint density at radius 1 is 1.19 bits per heavy atom. The van der Waals surface area contributed by atoms with Crippen molar-refractivity contribution in [2.24, 2.45) is 5.92 Å². The zero-order chi connectivity index (χ0) is 14.5. The first-order valence-electron chi connectivity index (χ1n) is 8.51. The van der Waals surface area contributed by atoms with Crippen LogP contribution in [0.1, 0.15) is 37.7 Å². The summed E-state index contributed by atoms with van der Waals surface area (Å²) >= 11 is 0. The summed E-state index contributed by atoms with van der Waals surface area (Å²) in [6, 6.07) is 8.55. The van der Waals surface area contributed by atoms with Crippen molar-refractivity contribution in [3.8, 4) is 5.75 Å². The zero-order valence-corrected chi connectivity index (χ0v) is 13.2. The number of piperidine rings is 1. The molecule has 1 unspecified atom stereocenters. The molecule has 3 rings (SSSR count). The van der Waals surface area contributed by atoms with Crippen molar-refractivity contribution < 1.29 is 4.74 Å². The van der Waals surface area contributed by atoms with Gasteiger partial charge in [-0.25, -0.2) is 0 Å². The van der Waals surface area contributed by atoms with E-state index in [4.69, 9.17) is 4.74 Å². The SMILES string of the molecule is CCCN(CC1CCNCC1)CC1COc2ccccc21. The third-order valence-corrected chi connectivity index (χ3v) is 4.79. The summed E-state index contributed by atoms with van der Waals surface area (Å²) in [5, 5.41) is 3.47. The van der Waals surface area contributed by atoms with Gasteiger partial charge in [0.15, 0.2) is 0 Å². The van der Waals surface area contributed by atoms with Gasteiger partial charge in [0.05, 0.1) is 6.61 Å². The first-order valence-corrected chi connectivity index (χ1v) is 8.51. The van der Waals surface area contributed by atoms with Crippen LogP contribution >= 0.6 is 0 Å². The second kappa shape index (κ2) is 7.28. The molecule has 0 spiro atoms. The second-order valence-corrected chi connectivity index (χ2v) is 6.50. The van der Waals surface area contributed by atoms with E-state index in [1.165, 1.54) is 51.0 Å². The summed E-state index contributed by atoms with van der Waals surface area (Å²) in [6.45, 7) is 9.14. The molecule has 1 aromatic carbocycles. The molecule has 3 nitrogen and oxygen atoms in total. The molecule has 1 N–H and O–H groups in total. The lowest BCUT2D eigenvalue weighted by Gasteiger charge is -2.31. The quantitative estimate of drug-likeness (QED) is 0.871. The third-order valence-electron chi connectivity index (χ3n) is 4.79. The van der Waals surface area contributed by atoms with Crippen LogP contribution in [0.3, 0.4) is 0 Å². The van der Waals surface area contributed by atoms with Gasteiger partial charge in [0.2, 0.25) is 0 Å². The average molecular weight is 288 g/mol. The summed E-state index contributed by atoms with van der Waals surface area (Å²) in [5.41, 5.74) is 1.41. The highest BCUT2D eigenvalue weighted by atomic mass is 16.5. The first-order chi connectivity index (χ1) is 10.4. The van der Waals surface area contributed by atoms with Gasteiger partial charge in [0.1, 0.15) is 5.75 Å². The molecule has 21 heavy (non-hydrogen) atoms. The fourth-order valence-electron chi connectivity index (χ4n) is 3.69. The molecule has 0 saturated carbocycles. The van der Waals surface area contributed by atoms with Crippen LogP contribution in [0.2, 0.25) is 0 Å². The number of para-hydroxylation sites is 1. The number of benzene rings is 1.